The van der Waals surface area contributed by atoms with E-state index in [1.807, 2.05) is 6.92 Å². The molecule has 0 aliphatic heterocycles. The lowest BCUT2D eigenvalue weighted by molar-refractivity contribution is 0.0697. The summed E-state index contributed by atoms with van der Waals surface area (Å²) in [6.45, 7) is 2.40. The Kier molecular flexibility index (Phi) is 4.06. The van der Waals surface area contributed by atoms with Crippen molar-refractivity contribution in [3.05, 3.63) is 39.7 Å². The Balaban J connectivity index is 2.12. The third-order valence-corrected chi connectivity index (χ3v) is 3.58. The number of carboxylic acids is 1. The van der Waals surface area contributed by atoms with Crippen molar-refractivity contribution in [3.63, 3.8) is 0 Å². The average Bonchev–Trinajstić information content (AvgIpc) is 2.85. The Morgan fingerprint density at radius 1 is 1.47 bits per heavy atom. The van der Waals surface area contributed by atoms with Gasteiger partial charge >= 0.3 is 5.97 Å². The molecule has 0 atom stereocenters. The van der Waals surface area contributed by atoms with Gasteiger partial charge in [-0.15, -0.1) is 11.3 Å². The minimum absolute atomic E-state index is 0.141. The molecule has 0 saturated heterocycles. The highest BCUT2D eigenvalue weighted by atomic mass is 32.1. The van der Waals surface area contributed by atoms with Crippen LogP contribution in [0.1, 0.15) is 27.2 Å². The first kappa shape index (κ1) is 13.4. The van der Waals surface area contributed by atoms with E-state index in [0.29, 0.717) is 6.54 Å². The zero-order valence-corrected chi connectivity index (χ0v) is 11.0. The second kappa shape index (κ2) is 5.75. The molecule has 0 aliphatic carbocycles. The maximum Gasteiger partial charge on any atom is 0.339 e. The summed E-state index contributed by atoms with van der Waals surface area (Å²) in [7, 11) is 0. The van der Waals surface area contributed by atoms with Gasteiger partial charge in [-0.3, -0.25) is 0 Å². The fourth-order valence-corrected chi connectivity index (χ4v) is 2.30. The number of hydrogen-bond acceptors (Lipinski definition) is 5. The van der Waals surface area contributed by atoms with Crippen molar-refractivity contribution >= 4 is 23.1 Å². The van der Waals surface area contributed by atoms with Crippen molar-refractivity contribution in [1.82, 2.24) is 9.97 Å². The van der Waals surface area contributed by atoms with Crippen LogP contribution in [-0.2, 0) is 13.0 Å². The van der Waals surface area contributed by atoms with Gasteiger partial charge < -0.3 is 10.4 Å². The Bertz CT molecular complexity index is 600. The van der Waals surface area contributed by atoms with Crippen LogP contribution >= 0.6 is 11.3 Å². The van der Waals surface area contributed by atoms with Gasteiger partial charge in [0.15, 0.2) is 0 Å². The van der Waals surface area contributed by atoms with E-state index < -0.39 is 11.8 Å². The number of carbonyl (C=O) groups is 1. The van der Waals surface area contributed by atoms with Gasteiger partial charge in [0, 0.05) is 11.1 Å². The van der Waals surface area contributed by atoms with Crippen molar-refractivity contribution < 1.29 is 14.3 Å². The van der Waals surface area contributed by atoms with Gasteiger partial charge in [-0.25, -0.2) is 19.2 Å². The van der Waals surface area contributed by atoms with Crippen LogP contribution in [0.5, 0.6) is 0 Å². The summed E-state index contributed by atoms with van der Waals surface area (Å²) >= 11 is 1.55. The lowest BCUT2D eigenvalue weighted by Gasteiger charge is -2.06. The number of carboxylic acid groups (broad SMARTS) is 1. The van der Waals surface area contributed by atoms with Gasteiger partial charge in [-0.05, 0) is 12.5 Å². The minimum Gasteiger partial charge on any atom is -0.478 e. The van der Waals surface area contributed by atoms with Crippen LogP contribution < -0.4 is 5.32 Å². The minimum atomic E-state index is -1.22. The van der Waals surface area contributed by atoms with Gasteiger partial charge in [-0.1, -0.05) is 6.92 Å². The number of hydrogen-bond donors (Lipinski definition) is 2. The van der Waals surface area contributed by atoms with Crippen LogP contribution in [0.2, 0.25) is 0 Å². The molecule has 0 radical (unpaired) electrons. The molecule has 0 aliphatic rings. The summed E-state index contributed by atoms with van der Waals surface area (Å²) in [5, 5.41) is 12.7. The summed E-state index contributed by atoms with van der Waals surface area (Å²) in [5.41, 5.74) is -0.188. The molecule has 5 nitrogen and oxygen atoms in total. The molecule has 0 unspecified atom stereocenters. The van der Waals surface area contributed by atoms with E-state index in [4.69, 9.17) is 5.11 Å². The topological polar surface area (TPSA) is 75.1 Å². The van der Waals surface area contributed by atoms with Crippen molar-refractivity contribution in [1.29, 1.82) is 0 Å². The first-order chi connectivity index (χ1) is 9.10. The molecule has 0 spiro atoms. The number of aromatic carboxylic acids is 1. The van der Waals surface area contributed by atoms with Gasteiger partial charge in [-0.2, -0.15) is 0 Å². The number of nitrogens with zero attached hydrogens (tertiary/aromatic N) is 2. The third kappa shape index (κ3) is 3.25. The Morgan fingerprint density at radius 3 is 2.89 bits per heavy atom. The Hall–Kier alpha value is -2.02. The van der Waals surface area contributed by atoms with Gasteiger partial charge in [0.25, 0.3) is 0 Å². The summed E-state index contributed by atoms with van der Waals surface area (Å²) < 4.78 is 13.0. The number of aryl methyl sites for hydroxylation is 1. The zero-order chi connectivity index (χ0) is 13.8. The Morgan fingerprint density at radius 2 is 2.26 bits per heavy atom. The number of nitrogens with one attached hydrogen (secondary N) is 1. The lowest BCUT2D eigenvalue weighted by atomic mass is 10.2. The standard InChI is InChI=1S/C12H12FN3O2S/c1-2-8-5-14-10(19-8)6-16-11-9(12(17)18)3-7(13)4-15-11/h3-5H,2,6H2,1H3,(H,15,16)(H,17,18). The van der Waals surface area contributed by atoms with Crippen LogP contribution in [-0.4, -0.2) is 21.0 Å². The fourth-order valence-electron chi connectivity index (χ4n) is 1.50. The molecule has 0 saturated carbocycles. The molecular weight excluding hydrogens is 269 g/mol. The number of halogens is 1. The monoisotopic (exact) mass is 281 g/mol. The van der Waals surface area contributed by atoms with E-state index in [2.05, 4.69) is 15.3 Å². The first-order valence-electron chi connectivity index (χ1n) is 5.66. The number of thiazole rings is 1. The molecule has 2 N–H and O–H groups in total. The first-order valence-corrected chi connectivity index (χ1v) is 6.48. The van der Waals surface area contributed by atoms with Crippen LogP contribution in [0.3, 0.4) is 0 Å². The number of rotatable bonds is 5. The molecule has 19 heavy (non-hydrogen) atoms. The smallest absolute Gasteiger partial charge is 0.339 e. The zero-order valence-electron chi connectivity index (χ0n) is 10.2. The summed E-state index contributed by atoms with van der Waals surface area (Å²) in [6, 6.07) is 0.941. The number of anilines is 1. The van der Waals surface area contributed by atoms with Crippen LogP contribution in [0, 0.1) is 5.82 Å². The van der Waals surface area contributed by atoms with E-state index in [1.165, 1.54) is 0 Å². The molecule has 0 amide bonds. The van der Waals surface area contributed by atoms with Crippen LogP contribution in [0.15, 0.2) is 18.5 Å². The highest BCUT2D eigenvalue weighted by Gasteiger charge is 2.13. The van der Waals surface area contributed by atoms with Crippen molar-refractivity contribution in [2.45, 2.75) is 19.9 Å². The van der Waals surface area contributed by atoms with Crippen molar-refractivity contribution in [2.24, 2.45) is 0 Å². The van der Waals surface area contributed by atoms with Gasteiger partial charge in [0.05, 0.1) is 12.7 Å². The van der Waals surface area contributed by atoms with Crippen molar-refractivity contribution in [3.8, 4) is 0 Å². The molecule has 0 bridgehead atoms. The van der Waals surface area contributed by atoms with E-state index >= 15 is 0 Å². The molecule has 0 fully saturated rings. The molecule has 2 aromatic rings. The predicted molar refractivity (Wildman–Crippen MR) is 70.0 cm³/mol. The number of aromatic nitrogens is 2. The maximum absolute atomic E-state index is 13.0. The fraction of sp³-hybridized carbons (Fsp3) is 0.250. The van der Waals surface area contributed by atoms with E-state index in [9.17, 15) is 9.18 Å². The van der Waals surface area contributed by atoms with Gasteiger partial charge in [0.1, 0.15) is 22.2 Å². The second-order valence-corrected chi connectivity index (χ2v) is 4.98. The quantitative estimate of drug-likeness (QED) is 0.881. The number of pyridine rings is 1. The highest BCUT2D eigenvalue weighted by Crippen LogP contribution is 2.17. The molecule has 0 aromatic carbocycles. The molecule has 7 heteroatoms. The van der Waals surface area contributed by atoms with E-state index in [1.54, 1.807) is 17.5 Å². The predicted octanol–water partition coefficient (Wildman–Crippen LogP) is 2.55. The summed E-state index contributed by atoms with van der Waals surface area (Å²) in [6.07, 6.45) is 3.68. The molecule has 100 valence electrons. The van der Waals surface area contributed by atoms with Crippen molar-refractivity contribution in [2.75, 3.05) is 5.32 Å². The summed E-state index contributed by atoms with van der Waals surface area (Å²) in [5.74, 6) is -1.75. The average molecular weight is 281 g/mol. The Labute approximate surface area is 113 Å². The van der Waals surface area contributed by atoms with Crippen LogP contribution in [0.4, 0.5) is 10.2 Å². The van der Waals surface area contributed by atoms with Crippen LogP contribution in [0.25, 0.3) is 0 Å². The lowest BCUT2D eigenvalue weighted by Crippen LogP contribution is -2.08. The molecule has 2 heterocycles. The molecular formula is C12H12FN3O2S. The van der Waals surface area contributed by atoms with E-state index in [-0.39, 0.29) is 11.4 Å². The normalized spacial score (nSPS) is 10.4. The van der Waals surface area contributed by atoms with E-state index in [0.717, 1.165) is 28.6 Å². The summed E-state index contributed by atoms with van der Waals surface area (Å²) in [4.78, 5) is 20.1. The molecule has 2 rings (SSSR count). The molecule has 2 aromatic heterocycles. The highest BCUT2D eigenvalue weighted by molar-refractivity contribution is 7.11. The van der Waals surface area contributed by atoms with Gasteiger partial charge in [0.2, 0.25) is 0 Å². The largest absolute Gasteiger partial charge is 0.478 e. The SMILES string of the molecule is CCc1cnc(CNc2ncc(F)cc2C(=O)O)s1. The second-order valence-electron chi connectivity index (χ2n) is 3.78. The third-order valence-electron chi connectivity index (χ3n) is 2.44. The maximum atomic E-state index is 13.0.